The summed E-state index contributed by atoms with van der Waals surface area (Å²) in [5.74, 6) is -1.86. The first-order valence-electron chi connectivity index (χ1n) is 5.44. The molecule has 1 rings (SSSR count). The van der Waals surface area contributed by atoms with E-state index >= 15 is 0 Å². The SMILES string of the molecule is CCN(CC(N)=S)C(=O)Cc1c(F)cccc1F. The molecule has 0 atom stereocenters. The van der Waals surface area contributed by atoms with Gasteiger partial charge >= 0.3 is 0 Å². The minimum absolute atomic E-state index is 0.112. The zero-order chi connectivity index (χ0) is 13.7. The van der Waals surface area contributed by atoms with Crippen LogP contribution in [0.4, 0.5) is 8.78 Å². The van der Waals surface area contributed by atoms with Crippen molar-refractivity contribution in [2.45, 2.75) is 13.3 Å². The summed E-state index contributed by atoms with van der Waals surface area (Å²) in [6, 6.07) is 3.50. The monoisotopic (exact) mass is 272 g/mol. The fraction of sp³-hybridized carbons (Fsp3) is 0.333. The van der Waals surface area contributed by atoms with E-state index in [2.05, 4.69) is 0 Å². The standard InChI is InChI=1S/C12H14F2N2OS/c1-2-16(7-11(15)18)12(17)6-8-9(13)4-3-5-10(8)14/h3-5H,2,6-7H2,1H3,(H2,15,18). The Morgan fingerprint density at radius 3 is 2.39 bits per heavy atom. The van der Waals surface area contributed by atoms with Crippen LogP contribution in [0.1, 0.15) is 12.5 Å². The van der Waals surface area contributed by atoms with Crippen molar-refractivity contribution in [3.63, 3.8) is 0 Å². The van der Waals surface area contributed by atoms with E-state index in [1.807, 2.05) is 0 Å². The van der Waals surface area contributed by atoms with Crippen LogP contribution in [0.2, 0.25) is 0 Å². The first-order chi connectivity index (χ1) is 8.45. The number of hydrogen-bond acceptors (Lipinski definition) is 2. The maximum atomic E-state index is 13.4. The number of carbonyl (C=O) groups is 1. The van der Waals surface area contributed by atoms with Crippen molar-refractivity contribution in [3.8, 4) is 0 Å². The van der Waals surface area contributed by atoms with Crippen molar-refractivity contribution in [2.75, 3.05) is 13.1 Å². The molecule has 2 N–H and O–H groups in total. The van der Waals surface area contributed by atoms with Crippen LogP contribution in [0.3, 0.4) is 0 Å². The Bertz CT molecular complexity index is 445. The molecule has 0 aliphatic heterocycles. The van der Waals surface area contributed by atoms with Crippen LogP contribution in [0.25, 0.3) is 0 Å². The Balaban J connectivity index is 2.83. The van der Waals surface area contributed by atoms with Crippen molar-refractivity contribution in [1.29, 1.82) is 0 Å². The Kier molecular flexibility index (Phi) is 5.15. The van der Waals surface area contributed by atoms with Gasteiger partial charge < -0.3 is 10.6 Å². The molecule has 0 aliphatic carbocycles. The molecule has 0 spiro atoms. The molecule has 0 heterocycles. The van der Waals surface area contributed by atoms with Gasteiger partial charge in [-0.25, -0.2) is 8.78 Å². The number of benzene rings is 1. The summed E-state index contributed by atoms with van der Waals surface area (Å²) < 4.78 is 26.8. The van der Waals surface area contributed by atoms with Crippen LogP contribution < -0.4 is 5.73 Å². The van der Waals surface area contributed by atoms with Gasteiger partial charge in [-0.05, 0) is 19.1 Å². The van der Waals surface area contributed by atoms with Gasteiger partial charge in [0.05, 0.1) is 18.0 Å². The molecule has 0 unspecified atom stereocenters. The molecule has 98 valence electrons. The minimum atomic E-state index is -0.727. The van der Waals surface area contributed by atoms with E-state index in [-0.39, 0.29) is 23.5 Å². The fourth-order valence-electron chi connectivity index (χ4n) is 1.53. The highest BCUT2D eigenvalue weighted by Gasteiger charge is 2.17. The van der Waals surface area contributed by atoms with Gasteiger partial charge in [0.15, 0.2) is 0 Å². The van der Waals surface area contributed by atoms with Gasteiger partial charge in [-0.1, -0.05) is 18.3 Å². The molecular weight excluding hydrogens is 258 g/mol. The zero-order valence-electron chi connectivity index (χ0n) is 9.95. The van der Waals surface area contributed by atoms with Crippen LogP contribution in [0, 0.1) is 11.6 Å². The number of halogens is 2. The highest BCUT2D eigenvalue weighted by molar-refractivity contribution is 7.80. The van der Waals surface area contributed by atoms with Crippen molar-refractivity contribution in [1.82, 2.24) is 4.90 Å². The molecule has 1 aromatic carbocycles. The molecule has 0 aromatic heterocycles. The van der Waals surface area contributed by atoms with Crippen molar-refractivity contribution >= 4 is 23.1 Å². The second-order valence-electron chi connectivity index (χ2n) is 3.75. The maximum Gasteiger partial charge on any atom is 0.227 e. The lowest BCUT2D eigenvalue weighted by Gasteiger charge is -2.20. The summed E-state index contributed by atoms with van der Waals surface area (Å²) in [7, 11) is 0. The van der Waals surface area contributed by atoms with Gasteiger partial charge in [-0.2, -0.15) is 0 Å². The second kappa shape index (κ2) is 6.39. The topological polar surface area (TPSA) is 46.3 Å². The molecule has 0 saturated heterocycles. The number of hydrogen-bond donors (Lipinski definition) is 1. The number of thiocarbonyl (C=S) groups is 1. The van der Waals surface area contributed by atoms with Crippen LogP contribution in [0.15, 0.2) is 18.2 Å². The lowest BCUT2D eigenvalue weighted by Crippen LogP contribution is -2.38. The molecule has 18 heavy (non-hydrogen) atoms. The third kappa shape index (κ3) is 3.73. The summed E-state index contributed by atoms with van der Waals surface area (Å²) in [5.41, 5.74) is 5.12. The van der Waals surface area contributed by atoms with E-state index in [0.29, 0.717) is 6.54 Å². The van der Waals surface area contributed by atoms with Gasteiger partial charge in [-0.3, -0.25) is 4.79 Å². The third-order valence-electron chi connectivity index (χ3n) is 2.47. The van der Waals surface area contributed by atoms with Gasteiger partial charge in [0.2, 0.25) is 5.91 Å². The third-order valence-corrected chi connectivity index (χ3v) is 2.60. The molecule has 0 aliphatic rings. The maximum absolute atomic E-state index is 13.4. The lowest BCUT2D eigenvalue weighted by atomic mass is 10.1. The first kappa shape index (κ1) is 14.5. The highest BCUT2D eigenvalue weighted by atomic mass is 32.1. The van der Waals surface area contributed by atoms with E-state index in [0.717, 1.165) is 12.1 Å². The largest absolute Gasteiger partial charge is 0.392 e. The van der Waals surface area contributed by atoms with E-state index in [9.17, 15) is 13.6 Å². The number of carbonyl (C=O) groups excluding carboxylic acids is 1. The average molecular weight is 272 g/mol. The fourth-order valence-corrected chi connectivity index (χ4v) is 1.68. The summed E-state index contributed by atoms with van der Waals surface area (Å²) in [6.07, 6.45) is -0.338. The smallest absolute Gasteiger partial charge is 0.227 e. The van der Waals surface area contributed by atoms with Crippen LogP contribution >= 0.6 is 12.2 Å². The van der Waals surface area contributed by atoms with Gasteiger partial charge in [0.25, 0.3) is 0 Å². The van der Waals surface area contributed by atoms with Crippen LogP contribution in [0.5, 0.6) is 0 Å². The molecule has 3 nitrogen and oxygen atoms in total. The van der Waals surface area contributed by atoms with Crippen LogP contribution in [-0.2, 0) is 11.2 Å². The number of nitrogens with zero attached hydrogens (tertiary/aromatic N) is 1. The van der Waals surface area contributed by atoms with Gasteiger partial charge in [0.1, 0.15) is 11.6 Å². The molecule has 0 bridgehead atoms. The number of likely N-dealkylation sites (N-methyl/N-ethyl adjacent to an activating group) is 1. The minimum Gasteiger partial charge on any atom is -0.392 e. The van der Waals surface area contributed by atoms with E-state index in [4.69, 9.17) is 18.0 Å². The van der Waals surface area contributed by atoms with Gasteiger partial charge in [0, 0.05) is 12.1 Å². The number of nitrogens with two attached hydrogens (primary N) is 1. The van der Waals surface area contributed by atoms with Crippen molar-refractivity contribution in [3.05, 3.63) is 35.4 Å². The summed E-state index contributed by atoms with van der Waals surface area (Å²) in [6.45, 7) is 2.24. The Labute approximate surface area is 110 Å². The molecule has 0 fully saturated rings. The van der Waals surface area contributed by atoms with E-state index in [1.165, 1.54) is 11.0 Å². The summed E-state index contributed by atoms with van der Waals surface area (Å²) >= 11 is 4.71. The predicted molar refractivity (Wildman–Crippen MR) is 69.1 cm³/mol. The Morgan fingerprint density at radius 2 is 1.94 bits per heavy atom. The van der Waals surface area contributed by atoms with E-state index < -0.39 is 17.5 Å². The second-order valence-corrected chi connectivity index (χ2v) is 4.28. The van der Waals surface area contributed by atoms with Gasteiger partial charge in [-0.15, -0.1) is 0 Å². The molecule has 1 amide bonds. The van der Waals surface area contributed by atoms with E-state index in [1.54, 1.807) is 6.92 Å². The highest BCUT2D eigenvalue weighted by Crippen LogP contribution is 2.13. The summed E-state index contributed by atoms with van der Waals surface area (Å²) in [4.78, 5) is 13.4. The quantitative estimate of drug-likeness (QED) is 0.829. The van der Waals surface area contributed by atoms with Crippen molar-refractivity contribution < 1.29 is 13.6 Å². The Morgan fingerprint density at radius 1 is 1.39 bits per heavy atom. The number of amides is 1. The number of rotatable bonds is 5. The molecule has 0 saturated carbocycles. The molecule has 1 aromatic rings. The zero-order valence-corrected chi connectivity index (χ0v) is 10.8. The average Bonchev–Trinajstić information content (AvgIpc) is 2.30. The van der Waals surface area contributed by atoms with Crippen molar-refractivity contribution in [2.24, 2.45) is 5.73 Å². The normalized spacial score (nSPS) is 10.2. The predicted octanol–water partition coefficient (Wildman–Crippen LogP) is 1.64. The Hall–Kier alpha value is -1.56. The van der Waals surface area contributed by atoms with Crippen LogP contribution in [-0.4, -0.2) is 28.9 Å². The first-order valence-corrected chi connectivity index (χ1v) is 5.85. The molecule has 6 heteroatoms. The molecular formula is C12H14F2N2OS. The lowest BCUT2D eigenvalue weighted by molar-refractivity contribution is -0.129. The molecule has 0 radical (unpaired) electrons. The summed E-state index contributed by atoms with van der Waals surface area (Å²) in [5, 5.41) is 0.